The summed E-state index contributed by atoms with van der Waals surface area (Å²) < 4.78 is 5.54. The van der Waals surface area contributed by atoms with Crippen LogP contribution < -0.4 is 10.5 Å². The van der Waals surface area contributed by atoms with Gasteiger partial charge in [0.1, 0.15) is 5.75 Å². The number of ether oxygens (including phenoxy) is 1. The number of fused-ring (bicyclic) bond motifs is 1. The standard InChI is InChI=1S/C13H17NO3/c1-13(2,12(15)16)10-5-6-17-11-7-8(14)3-4-9(10)11/h3-4,7,10H,5-6,14H2,1-2H3,(H,15,16). The van der Waals surface area contributed by atoms with Crippen LogP contribution in [0.4, 0.5) is 5.69 Å². The number of carbonyl (C=O) groups is 1. The first-order valence-corrected chi connectivity index (χ1v) is 5.68. The van der Waals surface area contributed by atoms with Gasteiger partial charge in [0.25, 0.3) is 0 Å². The molecule has 92 valence electrons. The van der Waals surface area contributed by atoms with E-state index in [0.717, 1.165) is 17.7 Å². The molecule has 1 aliphatic rings. The van der Waals surface area contributed by atoms with E-state index in [1.165, 1.54) is 0 Å². The minimum Gasteiger partial charge on any atom is -0.493 e. The number of hydrogen-bond acceptors (Lipinski definition) is 3. The molecule has 0 bridgehead atoms. The maximum Gasteiger partial charge on any atom is 0.309 e. The van der Waals surface area contributed by atoms with Crippen molar-refractivity contribution in [2.45, 2.75) is 26.2 Å². The molecule has 4 nitrogen and oxygen atoms in total. The van der Waals surface area contributed by atoms with Crippen LogP contribution in [-0.2, 0) is 4.79 Å². The first-order valence-electron chi connectivity index (χ1n) is 5.68. The molecule has 1 unspecified atom stereocenters. The molecule has 4 heteroatoms. The topological polar surface area (TPSA) is 72.5 Å². The number of carboxylic acids is 1. The fourth-order valence-corrected chi connectivity index (χ4v) is 2.30. The molecular formula is C13H17NO3. The molecule has 0 spiro atoms. The average molecular weight is 235 g/mol. The van der Waals surface area contributed by atoms with Crippen LogP contribution in [0.5, 0.6) is 5.75 Å². The van der Waals surface area contributed by atoms with Crippen molar-refractivity contribution in [3.8, 4) is 5.75 Å². The fraction of sp³-hybridized carbons (Fsp3) is 0.462. The summed E-state index contributed by atoms with van der Waals surface area (Å²) >= 11 is 0. The Kier molecular flexibility index (Phi) is 2.73. The van der Waals surface area contributed by atoms with Gasteiger partial charge in [-0.15, -0.1) is 0 Å². The van der Waals surface area contributed by atoms with Crippen molar-refractivity contribution in [2.75, 3.05) is 12.3 Å². The van der Waals surface area contributed by atoms with Gasteiger partial charge in [0.2, 0.25) is 0 Å². The van der Waals surface area contributed by atoms with E-state index in [9.17, 15) is 9.90 Å². The summed E-state index contributed by atoms with van der Waals surface area (Å²) in [6.45, 7) is 4.05. The van der Waals surface area contributed by atoms with E-state index in [2.05, 4.69) is 0 Å². The molecule has 0 saturated heterocycles. The second-order valence-electron chi connectivity index (χ2n) is 5.01. The minimum atomic E-state index is -0.797. The summed E-state index contributed by atoms with van der Waals surface area (Å²) in [5.74, 6) is -0.105. The first kappa shape index (κ1) is 11.8. The number of benzene rings is 1. The highest BCUT2D eigenvalue weighted by atomic mass is 16.5. The Morgan fingerprint density at radius 3 is 2.88 bits per heavy atom. The van der Waals surface area contributed by atoms with Crippen LogP contribution in [0.2, 0.25) is 0 Å². The summed E-state index contributed by atoms with van der Waals surface area (Å²) in [4.78, 5) is 11.3. The van der Waals surface area contributed by atoms with E-state index >= 15 is 0 Å². The van der Waals surface area contributed by atoms with Crippen molar-refractivity contribution < 1.29 is 14.6 Å². The number of hydrogen-bond donors (Lipinski definition) is 2. The molecule has 1 atom stereocenters. The monoisotopic (exact) mass is 235 g/mol. The van der Waals surface area contributed by atoms with E-state index in [1.54, 1.807) is 26.0 Å². The van der Waals surface area contributed by atoms with E-state index in [-0.39, 0.29) is 5.92 Å². The van der Waals surface area contributed by atoms with Crippen molar-refractivity contribution in [1.29, 1.82) is 0 Å². The van der Waals surface area contributed by atoms with Crippen molar-refractivity contribution in [1.82, 2.24) is 0 Å². The average Bonchev–Trinajstić information content (AvgIpc) is 2.27. The highest BCUT2D eigenvalue weighted by Crippen LogP contribution is 2.45. The smallest absolute Gasteiger partial charge is 0.309 e. The molecule has 1 heterocycles. The van der Waals surface area contributed by atoms with Gasteiger partial charge in [0.15, 0.2) is 0 Å². The summed E-state index contributed by atoms with van der Waals surface area (Å²) in [5, 5.41) is 9.31. The lowest BCUT2D eigenvalue weighted by Gasteiger charge is -2.35. The molecule has 0 radical (unpaired) electrons. The van der Waals surface area contributed by atoms with E-state index < -0.39 is 11.4 Å². The third-order valence-corrected chi connectivity index (χ3v) is 3.50. The summed E-state index contributed by atoms with van der Waals surface area (Å²) in [6, 6.07) is 5.43. The van der Waals surface area contributed by atoms with Gasteiger partial charge >= 0.3 is 5.97 Å². The van der Waals surface area contributed by atoms with Crippen LogP contribution in [0.3, 0.4) is 0 Å². The molecule has 3 N–H and O–H groups in total. The van der Waals surface area contributed by atoms with Crippen LogP contribution in [0.25, 0.3) is 0 Å². The van der Waals surface area contributed by atoms with Crippen LogP contribution in [0.1, 0.15) is 31.7 Å². The minimum absolute atomic E-state index is 0.0376. The predicted molar refractivity (Wildman–Crippen MR) is 65.1 cm³/mol. The van der Waals surface area contributed by atoms with E-state index in [1.807, 2.05) is 6.07 Å². The lowest BCUT2D eigenvalue weighted by Crippen LogP contribution is -2.34. The van der Waals surface area contributed by atoms with Crippen molar-refractivity contribution >= 4 is 11.7 Å². The van der Waals surface area contributed by atoms with Crippen LogP contribution in [-0.4, -0.2) is 17.7 Å². The van der Waals surface area contributed by atoms with Gasteiger partial charge in [-0.1, -0.05) is 6.07 Å². The van der Waals surface area contributed by atoms with Crippen LogP contribution >= 0.6 is 0 Å². The molecule has 0 amide bonds. The third kappa shape index (κ3) is 1.95. The van der Waals surface area contributed by atoms with Crippen molar-refractivity contribution in [3.05, 3.63) is 23.8 Å². The Morgan fingerprint density at radius 2 is 2.24 bits per heavy atom. The molecule has 17 heavy (non-hydrogen) atoms. The zero-order valence-corrected chi connectivity index (χ0v) is 10.1. The molecule has 1 aromatic rings. The zero-order chi connectivity index (χ0) is 12.6. The normalized spacial score (nSPS) is 19.3. The first-order chi connectivity index (χ1) is 7.93. The quantitative estimate of drug-likeness (QED) is 0.771. The second-order valence-corrected chi connectivity index (χ2v) is 5.01. The molecule has 0 saturated carbocycles. The molecule has 2 rings (SSSR count). The molecular weight excluding hydrogens is 218 g/mol. The number of carboxylic acid groups (broad SMARTS) is 1. The molecule has 1 aromatic carbocycles. The van der Waals surface area contributed by atoms with E-state index in [0.29, 0.717) is 12.3 Å². The maximum absolute atomic E-state index is 11.3. The highest BCUT2D eigenvalue weighted by molar-refractivity contribution is 5.75. The van der Waals surface area contributed by atoms with Gasteiger partial charge in [-0.05, 0) is 31.9 Å². The number of rotatable bonds is 2. The highest BCUT2D eigenvalue weighted by Gasteiger charge is 2.40. The van der Waals surface area contributed by atoms with Crippen molar-refractivity contribution in [3.63, 3.8) is 0 Å². The number of nitrogen functional groups attached to an aromatic ring is 1. The van der Waals surface area contributed by atoms with Gasteiger partial charge in [-0.2, -0.15) is 0 Å². The fourth-order valence-electron chi connectivity index (χ4n) is 2.30. The Bertz CT molecular complexity index is 454. The van der Waals surface area contributed by atoms with Gasteiger partial charge in [0, 0.05) is 17.7 Å². The Hall–Kier alpha value is -1.71. The lowest BCUT2D eigenvalue weighted by atomic mass is 9.72. The van der Waals surface area contributed by atoms with Gasteiger partial charge in [-0.25, -0.2) is 0 Å². The maximum atomic E-state index is 11.3. The molecule has 0 aliphatic carbocycles. The molecule has 1 aliphatic heterocycles. The zero-order valence-electron chi connectivity index (χ0n) is 10.1. The number of aliphatic carboxylic acids is 1. The van der Waals surface area contributed by atoms with Crippen molar-refractivity contribution in [2.24, 2.45) is 5.41 Å². The lowest BCUT2D eigenvalue weighted by molar-refractivity contribution is -0.148. The third-order valence-electron chi connectivity index (χ3n) is 3.50. The summed E-state index contributed by atoms with van der Waals surface area (Å²) in [5.41, 5.74) is 6.48. The largest absolute Gasteiger partial charge is 0.493 e. The summed E-state index contributed by atoms with van der Waals surface area (Å²) in [6.07, 6.45) is 0.718. The Balaban J connectivity index is 2.45. The SMILES string of the molecule is CC(C)(C(=O)O)C1CCOc2cc(N)ccc21. The summed E-state index contributed by atoms with van der Waals surface area (Å²) in [7, 11) is 0. The van der Waals surface area contributed by atoms with Crippen LogP contribution in [0, 0.1) is 5.41 Å². The van der Waals surface area contributed by atoms with Crippen LogP contribution in [0.15, 0.2) is 18.2 Å². The van der Waals surface area contributed by atoms with E-state index in [4.69, 9.17) is 10.5 Å². The number of nitrogens with two attached hydrogens (primary N) is 1. The number of anilines is 1. The molecule has 0 aromatic heterocycles. The Labute approximate surface area is 100 Å². The van der Waals surface area contributed by atoms with Gasteiger partial charge in [-0.3, -0.25) is 4.79 Å². The molecule has 0 fully saturated rings. The second kappa shape index (κ2) is 3.95. The van der Waals surface area contributed by atoms with Gasteiger partial charge < -0.3 is 15.6 Å². The van der Waals surface area contributed by atoms with Gasteiger partial charge in [0.05, 0.1) is 12.0 Å². The Morgan fingerprint density at radius 1 is 1.53 bits per heavy atom. The predicted octanol–water partition coefficient (Wildman–Crippen LogP) is 2.25.